The second kappa shape index (κ2) is 8.21. The predicted molar refractivity (Wildman–Crippen MR) is 82.2 cm³/mol. The van der Waals surface area contributed by atoms with Crippen molar-refractivity contribution >= 4 is 17.8 Å². The molecule has 0 bridgehead atoms. The summed E-state index contributed by atoms with van der Waals surface area (Å²) in [6.45, 7) is -0.685. The van der Waals surface area contributed by atoms with E-state index in [2.05, 4.69) is 0 Å². The normalized spacial score (nSPS) is 24.4. The van der Waals surface area contributed by atoms with Crippen LogP contribution < -0.4 is 0 Å². The number of carboxylic acids is 1. The molecule has 0 aromatic carbocycles. The lowest BCUT2D eigenvalue weighted by Crippen LogP contribution is -2.51. The number of carbonyl (C=O) groups is 3. The van der Waals surface area contributed by atoms with Crippen molar-refractivity contribution in [1.29, 1.82) is 0 Å². The highest BCUT2D eigenvalue weighted by Crippen LogP contribution is 2.25. The summed E-state index contributed by atoms with van der Waals surface area (Å²) in [6.07, 6.45) is -5.11. The van der Waals surface area contributed by atoms with E-state index in [0.717, 1.165) is 0 Å². The van der Waals surface area contributed by atoms with Crippen LogP contribution in [0.25, 0.3) is 0 Å². The number of likely N-dealkylation sites (tertiary alicyclic amines) is 1. The Morgan fingerprint density at radius 1 is 1.35 bits per heavy atom. The van der Waals surface area contributed by atoms with Crippen LogP contribution in [0, 0.1) is 5.92 Å². The Hall–Kier alpha value is -1.88. The van der Waals surface area contributed by atoms with Gasteiger partial charge in [-0.1, -0.05) is 0 Å². The van der Waals surface area contributed by atoms with Gasteiger partial charge in [0.25, 0.3) is 0 Å². The lowest BCUT2D eigenvalue weighted by molar-refractivity contribution is -0.157. The van der Waals surface area contributed by atoms with Crippen LogP contribution in [0.15, 0.2) is 0 Å². The maximum Gasteiger partial charge on any atom is 0.406 e. The van der Waals surface area contributed by atoms with Crippen LogP contribution in [-0.4, -0.2) is 103 Å². The maximum atomic E-state index is 12.6. The number of hydrogen-bond donors (Lipinski definition) is 1. The molecule has 0 spiro atoms. The number of rotatable bonds is 6. The van der Waals surface area contributed by atoms with Crippen molar-refractivity contribution in [2.45, 2.75) is 18.7 Å². The Morgan fingerprint density at radius 2 is 2.04 bits per heavy atom. The van der Waals surface area contributed by atoms with Crippen molar-refractivity contribution in [2.75, 3.05) is 52.9 Å². The van der Waals surface area contributed by atoms with Crippen LogP contribution in [0.5, 0.6) is 0 Å². The molecular weight excluding hydrogens is 359 g/mol. The highest BCUT2D eigenvalue weighted by molar-refractivity contribution is 5.89. The van der Waals surface area contributed by atoms with Gasteiger partial charge in [-0.25, -0.2) is 0 Å². The molecule has 2 atom stereocenters. The molecule has 0 aromatic heterocycles. The van der Waals surface area contributed by atoms with Crippen molar-refractivity contribution in [1.82, 2.24) is 14.7 Å². The van der Waals surface area contributed by atoms with Crippen molar-refractivity contribution in [2.24, 2.45) is 5.92 Å². The molecule has 0 saturated carbocycles. The molecule has 1 N–H and O–H groups in total. The van der Waals surface area contributed by atoms with Crippen molar-refractivity contribution in [3.8, 4) is 0 Å². The standard InChI is InChI=1S/C15H22F3N3O5/c1-19(8-13(23)24)6-11-7-20(2-3-26-11)14(25)10-4-12(22)21(5-10)9-15(16,17)18/h10-11H,2-9H2,1H3,(H,23,24). The fraction of sp³-hybridized carbons (Fsp3) is 0.800. The Morgan fingerprint density at radius 3 is 2.65 bits per heavy atom. The van der Waals surface area contributed by atoms with Crippen molar-refractivity contribution in [3.63, 3.8) is 0 Å². The minimum atomic E-state index is -4.49. The third-order valence-electron chi connectivity index (χ3n) is 4.30. The van der Waals surface area contributed by atoms with Gasteiger partial charge in [-0.05, 0) is 7.05 Å². The highest BCUT2D eigenvalue weighted by atomic mass is 19.4. The number of nitrogens with zero attached hydrogens (tertiary/aromatic N) is 3. The number of aliphatic carboxylic acids is 1. The van der Waals surface area contributed by atoms with Crippen LogP contribution in [0.1, 0.15) is 6.42 Å². The molecule has 26 heavy (non-hydrogen) atoms. The Bertz CT molecular complexity index is 557. The fourth-order valence-corrected chi connectivity index (χ4v) is 3.24. The number of hydrogen-bond acceptors (Lipinski definition) is 5. The third kappa shape index (κ3) is 5.84. The maximum absolute atomic E-state index is 12.6. The molecule has 8 nitrogen and oxygen atoms in total. The van der Waals surface area contributed by atoms with Gasteiger partial charge in [0.05, 0.1) is 25.2 Å². The Labute approximate surface area is 148 Å². The SMILES string of the molecule is CN(CC(=O)O)CC1CN(C(=O)C2CC(=O)N(CC(F)(F)F)C2)CCO1. The average molecular weight is 381 g/mol. The Kier molecular flexibility index (Phi) is 6.45. The van der Waals surface area contributed by atoms with Gasteiger partial charge >= 0.3 is 12.1 Å². The first kappa shape index (κ1) is 20.4. The highest BCUT2D eigenvalue weighted by Gasteiger charge is 2.42. The number of ether oxygens (including phenoxy) is 1. The van der Waals surface area contributed by atoms with Crippen LogP contribution in [0.3, 0.4) is 0 Å². The van der Waals surface area contributed by atoms with Crippen LogP contribution in [0.4, 0.5) is 13.2 Å². The number of halogens is 3. The first-order valence-corrected chi connectivity index (χ1v) is 8.20. The molecule has 2 aliphatic heterocycles. The van der Waals surface area contributed by atoms with E-state index in [1.807, 2.05) is 0 Å². The van der Waals surface area contributed by atoms with Gasteiger partial charge in [0, 0.05) is 32.6 Å². The molecule has 11 heteroatoms. The monoisotopic (exact) mass is 381 g/mol. The van der Waals surface area contributed by atoms with E-state index in [-0.39, 0.29) is 44.7 Å². The van der Waals surface area contributed by atoms with Gasteiger partial charge in [-0.3, -0.25) is 19.3 Å². The van der Waals surface area contributed by atoms with Crippen LogP contribution >= 0.6 is 0 Å². The van der Waals surface area contributed by atoms with Crippen molar-refractivity contribution in [3.05, 3.63) is 0 Å². The van der Waals surface area contributed by atoms with E-state index < -0.39 is 30.5 Å². The molecule has 2 rings (SSSR count). The number of alkyl halides is 3. The summed E-state index contributed by atoms with van der Waals surface area (Å²) in [5, 5.41) is 8.76. The number of carbonyl (C=O) groups excluding carboxylic acids is 2. The molecule has 2 unspecified atom stereocenters. The minimum absolute atomic E-state index is 0.169. The van der Waals surface area contributed by atoms with E-state index in [1.54, 1.807) is 11.9 Å². The smallest absolute Gasteiger partial charge is 0.406 e. The first-order valence-electron chi connectivity index (χ1n) is 8.20. The summed E-state index contributed by atoms with van der Waals surface area (Å²) < 4.78 is 43.0. The number of carboxylic acid groups (broad SMARTS) is 1. The molecule has 2 saturated heterocycles. The summed E-state index contributed by atoms with van der Waals surface area (Å²) in [4.78, 5) is 38.7. The van der Waals surface area contributed by atoms with Gasteiger partial charge < -0.3 is 19.6 Å². The van der Waals surface area contributed by atoms with Gasteiger partial charge in [0.1, 0.15) is 6.54 Å². The van der Waals surface area contributed by atoms with E-state index in [0.29, 0.717) is 18.0 Å². The summed E-state index contributed by atoms with van der Waals surface area (Å²) >= 11 is 0. The molecule has 2 heterocycles. The quantitative estimate of drug-likeness (QED) is 0.676. The number of amides is 2. The van der Waals surface area contributed by atoms with Crippen molar-refractivity contribution < 1.29 is 37.4 Å². The molecule has 0 aromatic rings. The van der Waals surface area contributed by atoms with E-state index in [9.17, 15) is 27.6 Å². The molecule has 2 amide bonds. The van der Waals surface area contributed by atoms with Gasteiger partial charge in [0.15, 0.2) is 0 Å². The number of morpholine rings is 1. The van der Waals surface area contributed by atoms with Gasteiger partial charge in [-0.15, -0.1) is 0 Å². The topological polar surface area (TPSA) is 90.4 Å². The van der Waals surface area contributed by atoms with Crippen LogP contribution in [-0.2, 0) is 19.1 Å². The largest absolute Gasteiger partial charge is 0.480 e. The zero-order chi connectivity index (χ0) is 19.5. The zero-order valence-corrected chi connectivity index (χ0v) is 14.4. The summed E-state index contributed by atoms with van der Waals surface area (Å²) in [5.74, 6) is -2.81. The average Bonchev–Trinajstić information content (AvgIpc) is 2.85. The Balaban J connectivity index is 1.89. The molecule has 148 valence electrons. The van der Waals surface area contributed by atoms with Gasteiger partial charge in [0.2, 0.25) is 11.8 Å². The van der Waals surface area contributed by atoms with E-state index in [1.165, 1.54) is 4.90 Å². The lowest BCUT2D eigenvalue weighted by Gasteiger charge is -2.35. The van der Waals surface area contributed by atoms with Gasteiger partial charge in [-0.2, -0.15) is 13.2 Å². The zero-order valence-electron chi connectivity index (χ0n) is 14.4. The second-order valence-electron chi connectivity index (χ2n) is 6.66. The molecule has 0 radical (unpaired) electrons. The molecule has 0 aliphatic carbocycles. The lowest BCUT2D eigenvalue weighted by atomic mass is 10.1. The first-order chi connectivity index (χ1) is 12.0. The summed E-state index contributed by atoms with van der Waals surface area (Å²) in [5.41, 5.74) is 0. The molecule has 2 aliphatic rings. The molecular formula is C15H22F3N3O5. The van der Waals surface area contributed by atoms with Crippen LogP contribution in [0.2, 0.25) is 0 Å². The fourth-order valence-electron chi connectivity index (χ4n) is 3.24. The minimum Gasteiger partial charge on any atom is -0.480 e. The summed E-state index contributed by atoms with van der Waals surface area (Å²) in [6, 6.07) is 0. The number of likely N-dealkylation sites (N-methyl/N-ethyl adjacent to an activating group) is 1. The second-order valence-corrected chi connectivity index (χ2v) is 6.66. The predicted octanol–water partition coefficient (Wildman–Crippen LogP) is -0.359. The summed E-state index contributed by atoms with van der Waals surface area (Å²) in [7, 11) is 1.61. The third-order valence-corrected chi connectivity index (χ3v) is 4.30. The van der Waals surface area contributed by atoms with E-state index in [4.69, 9.17) is 9.84 Å². The molecule has 2 fully saturated rings. The van der Waals surface area contributed by atoms with E-state index >= 15 is 0 Å².